The molecule has 1 amide bonds. The number of hydrogen-bond donors (Lipinski definition) is 1. The molecule has 26 heavy (non-hydrogen) atoms. The topological polar surface area (TPSA) is 64.4 Å². The van der Waals surface area contributed by atoms with Crippen molar-refractivity contribution in [1.82, 2.24) is 10.5 Å². The lowest BCUT2D eigenvalue weighted by molar-refractivity contribution is -0.137. The maximum absolute atomic E-state index is 13.4. The number of hydrogen-bond acceptors (Lipinski definition) is 4. The Balaban J connectivity index is 2.29. The Bertz CT molecular complexity index is 754. The Morgan fingerprint density at radius 2 is 2.04 bits per heavy atom. The molecule has 0 aliphatic carbocycles. The maximum atomic E-state index is 13.4. The van der Waals surface area contributed by atoms with Crippen molar-refractivity contribution in [2.24, 2.45) is 0 Å². The first-order valence-corrected chi connectivity index (χ1v) is 8.30. The largest absolute Gasteiger partial charge is 0.494 e. The highest BCUT2D eigenvalue weighted by Gasteiger charge is 2.35. The van der Waals surface area contributed by atoms with Crippen LogP contribution in [0.2, 0.25) is 0 Å². The van der Waals surface area contributed by atoms with Crippen LogP contribution in [-0.2, 0) is 17.4 Å². The minimum absolute atomic E-state index is 0.0201. The van der Waals surface area contributed by atoms with Gasteiger partial charge in [-0.25, -0.2) is 0 Å². The van der Waals surface area contributed by atoms with Crippen molar-refractivity contribution in [2.75, 3.05) is 6.61 Å². The minimum atomic E-state index is -4.57. The molecule has 1 heterocycles. The Morgan fingerprint density at radius 1 is 1.31 bits per heavy atom. The first-order valence-electron chi connectivity index (χ1n) is 8.30. The van der Waals surface area contributed by atoms with E-state index in [1.807, 2.05) is 20.8 Å². The first-order chi connectivity index (χ1) is 12.2. The fourth-order valence-electron chi connectivity index (χ4n) is 2.35. The predicted octanol–water partition coefficient (Wildman–Crippen LogP) is 4.22. The Morgan fingerprint density at radius 3 is 2.65 bits per heavy atom. The van der Waals surface area contributed by atoms with Crippen molar-refractivity contribution in [2.45, 2.75) is 45.8 Å². The molecule has 2 aromatic rings. The van der Waals surface area contributed by atoms with Gasteiger partial charge in [0.1, 0.15) is 17.2 Å². The van der Waals surface area contributed by atoms with Crippen LogP contribution in [0.25, 0.3) is 11.3 Å². The van der Waals surface area contributed by atoms with Crippen LogP contribution in [0.15, 0.2) is 28.8 Å². The Labute approximate surface area is 149 Å². The number of carbonyl (C=O) groups is 1. The molecule has 5 nitrogen and oxygen atoms in total. The van der Waals surface area contributed by atoms with E-state index in [9.17, 15) is 18.0 Å². The average molecular weight is 370 g/mol. The lowest BCUT2D eigenvalue weighted by Crippen LogP contribution is -2.31. The number of halogens is 3. The highest BCUT2D eigenvalue weighted by molar-refractivity contribution is 5.78. The molecule has 2 rings (SSSR count). The molecule has 0 aliphatic rings. The van der Waals surface area contributed by atoms with Gasteiger partial charge in [0.05, 0.1) is 18.6 Å². The van der Waals surface area contributed by atoms with Gasteiger partial charge in [0.25, 0.3) is 0 Å². The summed E-state index contributed by atoms with van der Waals surface area (Å²) in [5, 5.41) is 6.37. The molecular formula is C18H21F3N2O3. The van der Waals surface area contributed by atoms with Crippen LogP contribution in [0.4, 0.5) is 13.2 Å². The third kappa shape index (κ3) is 5.24. The second-order valence-corrected chi connectivity index (χ2v) is 6.13. The number of alkyl halides is 3. The molecule has 0 radical (unpaired) electrons. The third-order valence-corrected chi connectivity index (χ3v) is 3.39. The number of nitrogens with one attached hydrogen (secondary N) is 1. The minimum Gasteiger partial charge on any atom is -0.494 e. The summed E-state index contributed by atoms with van der Waals surface area (Å²) in [5.74, 6) is 0.0441. The average Bonchev–Trinajstić information content (AvgIpc) is 2.99. The number of carbonyl (C=O) groups excluding carboxylic acids is 1. The van der Waals surface area contributed by atoms with Gasteiger partial charge in [0.15, 0.2) is 0 Å². The van der Waals surface area contributed by atoms with E-state index in [-0.39, 0.29) is 41.1 Å². The summed E-state index contributed by atoms with van der Waals surface area (Å²) in [7, 11) is 0. The van der Waals surface area contributed by atoms with E-state index < -0.39 is 11.7 Å². The van der Waals surface area contributed by atoms with Crippen LogP contribution >= 0.6 is 0 Å². The molecule has 0 spiro atoms. The summed E-state index contributed by atoms with van der Waals surface area (Å²) in [6.07, 6.45) is -3.98. The highest BCUT2D eigenvalue weighted by atomic mass is 19.4. The Kier molecular flexibility index (Phi) is 6.28. The molecule has 0 fully saturated rings. The van der Waals surface area contributed by atoms with Crippen molar-refractivity contribution in [3.05, 3.63) is 35.6 Å². The van der Waals surface area contributed by atoms with Crippen molar-refractivity contribution in [3.63, 3.8) is 0 Å². The van der Waals surface area contributed by atoms with Crippen LogP contribution in [0.1, 0.15) is 38.5 Å². The lowest BCUT2D eigenvalue weighted by Gasteiger charge is -2.13. The molecule has 8 heteroatoms. The normalized spacial score (nSPS) is 11.7. The molecule has 142 valence electrons. The van der Waals surface area contributed by atoms with Gasteiger partial charge in [0.2, 0.25) is 5.91 Å². The molecule has 0 unspecified atom stereocenters. The Hall–Kier alpha value is -2.51. The quantitative estimate of drug-likeness (QED) is 0.793. The molecule has 0 saturated heterocycles. The van der Waals surface area contributed by atoms with Gasteiger partial charge >= 0.3 is 6.18 Å². The van der Waals surface area contributed by atoms with E-state index in [4.69, 9.17) is 9.26 Å². The zero-order valence-corrected chi connectivity index (χ0v) is 14.8. The van der Waals surface area contributed by atoms with E-state index >= 15 is 0 Å². The molecule has 0 aliphatic heterocycles. The first kappa shape index (κ1) is 19.8. The van der Waals surface area contributed by atoms with Crippen molar-refractivity contribution in [1.29, 1.82) is 0 Å². The van der Waals surface area contributed by atoms with Gasteiger partial charge < -0.3 is 14.6 Å². The fraction of sp³-hybridized carbons (Fsp3) is 0.444. The number of aromatic nitrogens is 1. The molecule has 1 N–H and O–H groups in total. The van der Waals surface area contributed by atoms with Gasteiger partial charge in [-0.3, -0.25) is 4.79 Å². The molecular weight excluding hydrogens is 349 g/mol. The zero-order chi connectivity index (χ0) is 19.3. The van der Waals surface area contributed by atoms with Crippen LogP contribution in [-0.4, -0.2) is 23.7 Å². The van der Waals surface area contributed by atoms with Gasteiger partial charge in [-0.2, -0.15) is 13.2 Å². The SMILES string of the molecule is CCCOc1ccc(-c2cc(CC(=O)NC(C)C)on2)c(C(F)(F)F)c1. The zero-order valence-electron chi connectivity index (χ0n) is 14.8. The van der Waals surface area contributed by atoms with Crippen LogP contribution < -0.4 is 10.1 Å². The van der Waals surface area contributed by atoms with Crippen LogP contribution in [0.5, 0.6) is 5.75 Å². The number of nitrogens with zero attached hydrogens (tertiary/aromatic N) is 1. The molecule has 1 aromatic carbocycles. The lowest BCUT2D eigenvalue weighted by atomic mass is 10.0. The number of ether oxygens (including phenoxy) is 1. The van der Waals surface area contributed by atoms with Gasteiger partial charge in [-0.05, 0) is 38.5 Å². The summed E-state index contributed by atoms with van der Waals surface area (Å²) in [4.78, 5) is 11.7. The van der Waals surface area contributed by atoms with Crippen molar-refractivity contribution >= 4 is 5.91 Å². The summed E-state index contributed by atoms with van der Waals surface area (Å²) in [5.41, 5.74) is -0.968. The van der Waals surface area contributed by atoms with Gasteiger partial charge in [-0.15, -0.1) is 0 Å². The monoisotopic (exact) mass is 370 g/mol. The smallest absolute Gasteiger partial charge is 0.417 e. The van der Waals surface area contributed by atoms with Gasteiger partial charge in [0, 0.05) is 17.7 Å². The predicted molar refractivity (Wildman–Crippen MR) is 89.7 cm³/mol. The van der Waals surface area contributed by atoms with Crippen molar-refractivity contribution < 1.29 is 27.2 Å². The molecule has 1 aromatic heterocycles. The second kappa shape index (κ2) is 8.25. The number of amides is 1. The second-order valence-electron chi connectivity index (χ2n) is 6.13. The molecule has 0 saturated carbocycles. The standard InChI is InChI=1S/C18H21F3N2O3/c1-4-7-25-12-5-6-14(15(8-12)18(19,20)21)16-9-13(26-23-16)10-17(24)22-11(2)3/h5-6,8-9,11H,4,7,10H2,1-3H3,(H,22,24). The maximum Gasteiger partial charge on any atom is 0.417 e. The van der Waals surface area contributed by atoms with Crippen LogP contribution in [0.3, 0.4) is 0 Å². The number of rotatable bonds is 7. The molecule has 0 bridgehead atoms. The summed E-state index contributed by atoms with van der Waals surface area (Å²) >= 11 is 0. The van der Waals surface area contributed by atoms with E-state index in [1.165, 1.54) is 18.2 Å². The van der Waals surface area contributed by atoms with Crippen LogP contribution in [0, 0.1) is 0 Å². The molecule has 0 atom stereocenters. The van der Waals surface area contributed by atoms with Gasteiger partial charge in [-0.1, -0.05) is 12.1 Å². The third-order valence-electron chi connectivity index (χ3n) is 3.39. The van der Waals surface area contributed by atoms with Crippen molar-refractivity contribution in [3.8, 4) is 17.0 Å². The highest BCUT2D eigenvalue weighted by Crippen LogP contribution is 2.39. The fourth-order valence-corrected chi connectivity index (χ4v) is 2.35. The number of benzene rings is 1. The van der Waals surface area contributed by atoms with E-state index in [0.29, 0.717) is 13.0 Å². The summed E-state index contributed by atoms with van der Waals surface area (Å²) in [6, 6.07) is 5.00. The van der Waals surface area contributed by atoms with E-state index in [2.05, 4.69) is 10.5 Å². The van der Waals surface area contributed by atoms with E-state index in [0.717, 1.165) is 6.07 Å². The summed E-state index contributed by atoms with van der Waals surface area (Å²) < 4.78 is 50.6. The van der Waals surface area contributed by atoms with E-state index in [1.54, 1.807) is 0 Å². The summed E-state index contributed by atoms with van der Waals surface area (Å²) in [6.45, 7) is 5.81.